The molecule has 0 atom stereocenters. The summed E-state index contributed by atoms with van der Waals surface area (Å²) in [6.45, 7) is 1.83. The number of furan rings is 1. The third-order valence-electron chi connectivity index (χ3n) is 4.07. The molecule has 0 spiro atoms. The van der Waals surface area contributed by atoms with Crippen LogP contribution in [0.5, 0.6) is 5.75 Å². The number of amides is 2. The van der Waals surface area contributed by atoms with Gasteiger partial charge in [0.1, 0.15) is 17.2 Å². The predicted octanol–water partition coefficient (Wildman–Crippen LogP) is 4.01. The third-order valence-corrected chi connectivity index (χ3v) is 4.07. The molecular formula is C22H20N2O4. The van der Waals surface area contributed by atoms with E-state index in [1.165, 1.54) is 19.4 Å². The highest BCUT2D eigenvalue weighted by atomic mass is 16.5. The van der Waals surface area contributed by atoms with Crippen LogP contribution in [0.1, 0.15) is 21.7 Å². The fourth-order valence-corrected chi connectivity index (χ4v) is 2.63. The number of carbonyl (C=O) groups is 2. The maximum Gasteiger partial charge on any atom is 0.272 e. The number of rotatable bonds is 6. The average Bonchev–Trinajstić information content (AvgIpc) is 3.21. The van der Waals surface area contributed by atoms with Crippen molar-refractivity contribution >= 4 is 23.6 Å². The summed E-state index contributed by atoms with van der Waals surface area (Å²) in [5.41, 5.74) is 1.83. The normalized spacial score (nSPS) is 11.0. The lowest BCUT2D eigenvalue weighted by Crippen LogP contribution is -2.31. The molecular weight excluding hydrogens is 356 g/mol. The van der Waals surface area contributed by atoms with Gasteiger partial charge in [0.15, 0.2) is 0 Å². The first-order chi connectivity index (χ1) is 13.6. The summed E-state index contributed by atoms with van der Waals surface area (Å²) in [5, 5.41) is 5.44. The van der Waals surface area contributed by atoms with Crippen molar-refractivity contribution in [1.29, 1.82) is 0 Å². The van der Waals surface area contributed by atoms with Crippen molar-refractivity contribution in [2.24, 2.45) is 0 Å². The number of aryl methyl sites for hydroxylation is 1. The van der Waals surface area contributed by atoms with Gasteiger partial charge in [-0.15, -0.1) is 0 Å². The van der Waals surface area contributed by atoms with Crippen LogP contribution in [0.3, 0.4) is 0 Å². The number of benzene rings is 2. The number of carbonyl (C=O) groups excluding carboxylic acids is 2. The summed E-state index contributed by atoms with van der Waals surface area (Å²) in [7, 11) is 1.52. The third kappa shape index (κ3) is 4.48. The Kier molecular flexibility index (Phi) is 5.91. The lowest BCUT2D eigenvalue weighted by atomic mass is 10.1. The first-order valence-electron chi connectivity index (χ1n) is 8.65. The molecule has 142 valence electrons. The van der Waals surface area contributed by atoms with Crippen molar-refractivity contribution < 1.29 is 18.7 Å². The Morgan fingerprint density at radius 3 is 2.46 bits per heavy atom. The molecule has 1 aromatic heterocycles. The second-order valence-electron chi connectivity index (χ2n) is 6.00. The van der Waals surface area contributed by atoms with Gasteiger partial charge >= 0.3 is 0 Å². The zero-order chi connectivity index (χ0) is 19.9. The minimum absolute atomic E-state index is 0.0501. The Bertz CT molecular complexity index is 1010. The Morgan fingerprint density at radius 1 is 1.00 bits per heavy atom. The number of para-hydroxylation sites is 2. The first-order valence-corrected chi connectivity index (χ1v) is 8.65. The molecule has 1 heterocycles. The molecule has 2 N–H and O–H groups in total. The topological polar surface area (TPSA) is 80.6 Å². The highest BCUT2D eigenvalue weighted by molar-refractivity contribution is 6.11. The first kappa shape index (κ1) is 19.0. The fourth-order valence-electron chi connectivity index (χ4n) is 2.63. The van der Waals surface area contributed by atoms with Gasteiger partial charge in [-0.05, 0) is 42.8 Å². The standard InChI is InChI=1S/C22H20N2O4/c1-15-8-3-4-10-17(15)21(25)24-19(14-16-9-7-13-28-16)22(26)23-18-11-5-6-12-20(18)27-2/h3-14H,1-2H3,(H,23,26)(H,24,25). The van der Waals surface area contributed by atoms with Gasteiger partial charge in [-0.1, -0.05) is 30.3 Å². The smallest absolute Gasteiger partial charge is 0.272 e. The second kappa shape index (κ2) is 8.73. The molecule has 0 aliphatic rings. The van der Waals surface area contributed by atoms with Crippen molar-refractivity contribution in [3.63, 3.8) is 0 Å². The maximum absolute atomic E-state index is 12.9. The van der Waals surface area contributed by atoms with E-state index in [4.69, 9.17) is 9.15 Å². The maximum atomic E-state index is 12.9. The Morgan fingerprint density at radius 2 is 1.75 bits per heavy atom. The van der Waals surface area contributed by atoms with Crippen molar-refractivity contribution in [1.82, 2.24) is 5.32 Å². The van der Waals surface area contributed by atoms with Crippen LogP contribution < -0.4 is 15.4 Å². The van der Waals surface area contributed by atoms with E-state index in [2.05, 4.69) is 10.6 Å². The number of hydrogen-bond donors (Lipinski definition) is 2. The predicted molar refractivity (Wildman–Crippen MR) is 107 cm³/mol. The monoisotopic (exact) mass is 376 g/mol. The molecule has 6 nitrogen and oxygen atoms in total. The molecule has 0 aliphatic heterocycles. The Labute approximate surface area is 162 Å². The lowest BCUT2D eigenvalue weighted by Gasteiger charge is -2.13. The number of hydrogen-bond acceptors (Lipinski definition) is 4. The fraction of sp³-hybridized carbons (Fsp3) is 0.0909. The van der Waals surface area contributed by atoms with E-state index in [0.717, 1.165) is 5.56 Å². The summed E-state index contributed by atoms with van der Waals surface area (Å²) in [4.78, 5) is 25.6. The van der Waals surface area contributed by atoms with Gasteiger partial charge in [-0.3, -0.25) is 9.59 Å². The highest BCUT2D eigenvalue weighted by Gasteiger charge is 2.17. The van der Waals surface area contributed by atoms with Crippen LogP contribution in [-0.2, 0) is 4.79 Å². The SMILES string of the molecule is COc1ccccc1NC(=O)C(=Cc1ccco1)NC(=O)c1ccccc1C. The van der Waals surface area contributed by atoms with Crippen LogP contribution in [-0.4, -0.2) is 18.9 Å². The number of nitrogens with one attached hydrogen (secondary N) is 2. The molecule has 2 aromatic carbocycles. The van der Waals surface area contributed by atoms with Gasteiger partial charge in [0.25, 0.3) is 11.8 Å². The molecule has 2 amide bonds. The van der Waals surface area contributed by atoms with Crippen molar-refractivity contribution in [2.75, 3.05) is 12.4 Å². The molecule has 0 aliphatic carbocycles. The molecule has 0 unspecified atom stereocenters. The van der Waals surface area contributed by atoms with Gasteiger partial charge in [-0.25, -0.2) is 0 Å². The van der Waals surface area contributed by atoms with E-state index in [9.17, 15) is 9.59 Å². The number of anilines is 1. The van der Waals surface area contributed by atoms with Crippen LogP contribution in [0.4, 0.5) is 5.69 Å². The van der Waals surface area contributed by atoms with Crippen LogP contribution in [0.15, 0.2) is 77.0 Å². The van der Waals surface area contributed by atoms with Crippen LogP contribution in [0.25, 0.3) is 6.08 Å². The minimum Gasteiger partial charge on any atom is -0.495 e. The molecule has 0 radical (unpaired) electrons. The molecule has 28 heavy (non-hydrogen) atoms. The van der Waals surface area contributed by atoms with E-state index in [1.54, 1.807) is 48.5 Å². The summed E-state index contributed by atoms with van der Waals surface area (Å²) in [6, 6.07) is 17.6. The zero-order valence-electron chi connectivity index (χ0n) is 15.6. The van der Waals surface area contributed by atoms with Crippen molar-refractivity contribution in [3.05, 3.63) is 89.5 Å². The van der Waals surface area contributed by atoms with E-state index in [1.807, 2.05) is 19.1 Å². The van der Waals surface area contributed by atoms with E-state index >= 15 is 0 Å². The molecule has 3 rings (SSSR count). The van der Waals surface area contributed by atoms with Crippen LogP contribution in [0, 0.1) is 6.92 Å². The minimum atomic E-state index is -0.497. The van der Waals surface area contributed by atoms with Crippen molar-refractivity contribution in [3.8, 4) is 5.75 Å². The molecule has 0 bridgehead atoms. The highest BCUT2D eigenvalue weighted by Crippen LogP contribution is 2.23. The number of methoxy groups -OCH3 is 1. The molecule has 6 heteroatoms. The Balaban J connectivity index is 1.88. The lowest BCUT2D eigenvalue weighted by molar-refractivity contribution is -0.113. The molecule has 0 saturated heterocycles. The van der Waals surface area contributed by atoms with Gasteiger partial charge in [0.2, 0.25) is 0 Å². The largest absolute Gasteiger partial charge is 0.495 e. The quantitative estimate of drug-likeness (QED) is 0.637. The molecule has 0 saturated carbocycles. The second-order valence-corrected chi connectivity index (χ2v) is 6.00. The van der Waals surface area contributed by atoms with Gasteiger partial charge in [0, 0.05) is 11.6 Å². The molecule has 0 fully saturated rings. The molecule has 3 aromatic rings. The van der Waals surface area contributed by atoms with E-state index in [-0.39, 0.29) is 11.6 Å². The van der Waals surface area contributed by atoms with E-state index in [0.29, 0.717) is 22.8 Å². The van der Waals surface area contributed by atoms with Crippen LogP contribution in [0.2, 0.25) is 0 Å². The summed E-state index contributed by atoms with van der Waals surface area (Å²) >= 11 is 0. The summed E-state index contributed by atoms with van der Waals surface area (Å²) in [6.07, 6.45) is 2.96. The van der Waals surface area contributed by atoms with Gasteiger partial charge in [0.05, 0.1) is 19.1 Å². The number of ether oxygens (including phenoxy) is 1. The van der Waals surface area contributed by atoms with Crippen LogP contribution >= 0.6 is 0 Å². The van der Waals surface area contributed by atoms with Crippen molar-refractivity contribution in [2.45, 2.75) is 6.92 Å². The average molecular weight is 376 g/mol. The van der Waals surface area contributed by atoms with Gasteiger partial charge < -0.3 is 19.8 Å². The summed E-state index contributed by atoms with van der Waals surface area (Å²) < 4.78 is 10.5. The zero-order valence-corrected chi connectivity index (χ0v) is 15.6. The Hall–Kier alpha value is -3.80. The van der Waals surface area contributed by atoms with Gasteiger partial charge in [-0.2, -0.15) is 0 Å². The van der Waals surface area contributed by atoms with E-state index < -0.39 is 5.91 Å². The summed E-state index contributed by atoms with van der Waals surface area (Å²) in [5.74, 6) is 0.0719.